The summed E-state index contributed by atoms with van der Waals surface area (Å²) in [5, 5.41) is 8.86. The zero-order valence-corrected chi connectivity index (χ0v) is 13.9. The standard InChI is InChI=1S/C14H23BrO5/c1-4-20-13(19)14(11(16)9-15,7-5-10(2)3)8-6-12(17)18/h10H,4-9H2,1-3H3,(H,17,18)/t14-/m1/s1. The van der Waals surface area contributed by atoms with E-state index in [0.29, 0.717) is 18.8 Å². The average Bonchev–Trinajstić information content (AvgIpc) is 2.38. The van der Waals surface area contributed by atoms with Gasteiger partial charge in [-0.05, 0) is 32.1 Å². The molecule has 20 heavy (non-hydrogen) atoms. The Bertz CT molecular complexity index is 353. The predicted octanol–water partition coefficient (Wildman–Crippen LogP) is 2.80. The molecule has 0 fully saturated rings. The van der Waals surface area contributed by atoms with Gasteiger partial charge in [-0.15, -0.1) is 0 Å². The Morgan fingerprint density at radius 1 is 1.25 bits per heavy atom. The molecule has 116 valence electrons. The minimum absolute atomic E-state index is 0.0156. The number of hydrogen-bond donors (Lipinski definition) is 1. The molecule has 0 saturated heterocycles. The first kappa shape index (κ1) is 19.1. The molecule has 0 bridgehead atoms. The molecule has 0 rings (SSSR count). The summed E-state index contributed by atoms with van der Waals surface area (Å²) in [5.41, 5.74) is -1.35. The lowest BCUT2D eigenvalue weighted by molar-refractivity contribution is -0.161. The molecule has 0 aliphatic rings. The van der Waals surface area contributed by atoms with Crippen molar-refractivity contribution < 1.29 is 24.2 Å². The van der Waals surface area contributed by atoms with E-state index in [2.05, 4.69) is 15.9 Å². The Kier molecular flexibility index (Phi) is 8.69. The minimum Gasteiger partial charge on any atom is -0.481 e. The number of ketones is 1. The maximum atomic E-state index is 12.2. The van der Waals surface area contributed by atoms with Gasteiger partial charge in [0.05, 0.1) is 11.9 Å². The van der Waals surface area contributed by atoms with Crippen LogP contribution in [0.3, 0.4) is 0 Å². The summed E-state index contributed by atoms with van der Waals surface area (Å²) < 4.78 is 5.02. The summed E-state index contributed by atoms with van der Waals surface area (Å²) in [7, 11) is 0. The lowest BCUT2D eigenvalue weighted by Crippen LogP contribution is -2.42. The molecule has 0 spiro atoms. The van der Waals surface area contributed by atoms with Crippen LogP contribution in [0, 0.1) is 11.3 Å². The lowest BCUT2D eigenvalue weighted by atomic mass is 9.74. The van der Waals surface area contributed by atoms with Crippen molar-refractivity contribution in [3.63, 3.8) is 0 Å². The first-order chi connectivity index (χ1) is 9.30. The summed E-state index contributed by atoms with van der Waals surface area (Å²) in [6, 6.07) is 0. The second-order valence-electron chi connectivity index (χ2n) is 5.19. The van der Waals surface area contributed by atoms with Gasteiger partial charge in [0.1, 0.15) is 5.41 Å². The Balaban J connectivity index is 5.31. The maximum absolute atomic E-state index is 12.2. The van der Waals surface area contributed by atoms with Crippen LogP contribution in [0.1, 0.15) is 46.5 Å². The lowest BCUT2D eigenvalue weighted by Gasteiger charge is -2.29. The fourth-order valence-electron chi connectivity index (χ4n) is 1.97. The number of carbonyl (C=O) groups excluding carboxylic acids is 2. The highest BCUT2D eigenvalue weighted by Gasteiger charge is 2.45. The van der Waals surface area contributed by atoms with Crippen molar-refractivity contribution in [1.82, 2.24) is 0 Å². The molecule has 1 N–H and O–H groups in total. The number of carboxylic acids is 1. The highest BCUT2D eigenvalue weighted by molar-refractivity contribution is 9.09. The van der Waals surface area contributed by atoms with Gasteiger partial charge in [-0.25, -0.2) is 0 Å². The number of halogens is 1. The van der Waals surface area contributed by atoms with Gasteiger partial charge in [0.15, 0.2) is 5.78 Å². The van der Waals surface area contributed by atoms with Gasteiger partial charge in [-0.1, -0.05) is 29.8 Å². The van der Waals surface area contributed by atoms with E-state index in [-0.39, 0.29) is 30.6 Å². The normalized spacial score (nSPS) is 13.8. The highest BCUT2D eigenvalue weighted by Crippen LogP contribution is 2.35. The zero-order valence-electron chi connectivity index (χ0n) is 12.3. The van der Waals surface area contributed by atoms with Gasteiger partial charge in [-0.3, -0.25) is 14.4 Å². The number of rotatable bonds is 10. The van der Waals surface area contributed by atoms with Crippen molar-refractivity contribution in [2.75, 3.05) is 11.9 Å². The molecular weight excluding hydrogens is 328 g/mol. The highest BCUT2D eigenvalue weighted by atomic mass is 79.9. The Labute approximate surface area is 128 Å². The topological polar surface area (TPSA) is 80.7 Å². The Hall–Kier alpha value is -0.910. The van der Waals surface area contributed by atoms with Gasteiger partial charge in [0, 0.05) is 6.42 Å². The number of hydrogen-bond acceptors (Lipinski definition) is 4. The van der Waals surface area contributed by atoms with Crippen LogP contribution in [0.5, 0.6) is 0 Å². The van der Waals surface area contributed by atoms with E-state index in [1.54, 1.807) is 6.92 Å². The van der Waals surface area contributed by atoms with E-state index in [4.69, 9.17) is 9.84 Å². The minimum atomic E-state index is -1.35. The molecular formula is C14H23BrO5. The van der Waals surface area contributed by atoms with Gasteiger partial charge >= 0.3 is 11.9 Å². The summed E-state index contributed by atoms with van der Waals surface area (Å²) >= 11 is 3.08. The molecule has 1 atom stereocenters. The summed E-state index contributed by atoms with van der Waals surface area (Å²) in [5.74, 6) is -1.62. The number of Topliss-reactive ketones (excluding diaryl/α,β-unsaturated/α-hetero) is 1. The molecule has 6 heteroatoms. The van der Waals surface area contributed by atoms with Crippen molar-refractivity contribution in [3.05, 3.63) is 0 Å². The summed E-state index contributed by atoms with van der Waals surface area (Å²) in [6.07, 6.45) is 0.742. The SMILES string of the molecule is CCOC(=O)[C@@](CCC(=O)O)(CCC(C)C)C(=O)CBr. The smallest absolute Gasteiger partial charge is 0.319 e. The molecule has 0 saturated carbocycles. The number of carboxylic acid groups (broad SMARTS) is 1. The van der Waals surface area contributed by atoms with Crippen LogP contribution in [-0.2, 0) is 19.1 Å². The predicted molar refractivity (Wildman–Crippen MR) is 78.8 cm³/mol. The summed E-state index contributed by atoms with van der Waals surface area (Å²) in [6.45, 7) is 5.82. The van der Waals surface area contributed by atoms with Gasteiger partial charge in [0.25, 0.3) is 0 Å². The van der Waals surface area contributed by atoms with Crippen LogP contribution in [-0.4, -0.2) is 34.8 Å². The number of carbonyl (C=O) groups is 3. The fourth-order valence-corrected chi connectivity index (χ4v) is 2.51. The summed E-state index contributed by atoms with van der Waals surface area (Å²) in [4.78, 5) is 35.3. The molecule has 0 aromatic rings. The zero-order chi connectivity index (χ0) is 15.8. The van der Waals surface area contributed by atoms with Crippen LogP contribution < -0.4 is 0 Å². The van der Waals surface area contributed by atoms with Crippen molar-refractivity contribution in [3.8, 4) is 0 Å². The number of aliphatic carboxylic acids is 1. The largest absolute Gasteiger partial charge is 0.481 e. The van der Waals surface area contributed by atoms with Crippen LogP contribution >= 0.6 is 15.9 Å². The first-order valence-corrected chi connectivity index (χ1v) is 7.90. The van der Waals surface area contributed by atoms with Crippen LogP contribution in [0.15, 0.2) is 0 Å². The number of esters is 1. The van der Waals surface area contributed by atoms with E-state index in [0.717, 1.165) is 0 Å². The van der Waals surface area contributed by atoms with Crippen molar-refractivity contribution in [2.24, 2.45) is 11.3 Å². The van der Waals surface area contributed by atoms with E-state index in [9.17, 15) is 14.4 Å². The van der Waals surface area contributed by atoms with Crippen molar-refractivity contribution in [1.29, 1.82) is 0 Å². The van der Waals surface area contributed by atoms with Crippen molar-refractivity contribution in [2.45, 2.75) is 46.5 Å². The Morgan fingerprint density at radius 3 is 2.25 bits per heavy atom. The molecule has 0 heterocycles. The average molecular weight is 351 g/mol. The molecule has 0 unspecified atom stereocenters. The molecule has 5 nitrogen and oxygen atoms in total. The fraction of sp³-hybridized carbons (Fsp3) is 0.786. The third-order valence-corrected chi connectivity index (χ3v) is 3.74. The first-order valence-electron chi connectivity index (χ1n) is 6.78. The monoisotopic (exact) mass is 350 g/mol. The van der Waals surface area contributed by atoms with E-state index in [1.165, 1.54) is 0 Å². The molecule has 0 aliphatic carbocycles. The van der Waals surface area contributed by atoms with Crippen LogP contribution in [0.25, 0.3) is 0 Å². The molecule has 0 aliphatic heterocycles. The van der Waals surface area contributed by atoms with E-state index in [1.807, 2.05) is 13.8 Å². The third-order valence-electron chi connectivity index (χ3n) is 3.24. The quantitative estimate of drug-likeness (QED) is 0.372. The maximum Gasteiger partial charge on any atom is 0.319 e. The molecule has 0 aromatic heterocycles. The van der Waals surface area contributed by atoms with E-state index >= 15 is 0 Å². The Morgan fingerprint density at radius 2 is 1.85 bits per heavy atom. The molecule has 0 aromatic carbocycles. The third kappa shape index (κ3) is 5.61. The van der Waals surface area contributed by atoms with Gasteiger partial charge in [-0.2, -0.15) is 0 Å². The van der Waals surface area contributed by atoms with Gasteiger partial charge < -0.3 is 9.84 Å². The van der Waals surface area contributed by atoms with Crippen LogP contribution in [0.2, 0.25) is 0 Å². The molecule has 0 amide bonds. The van der Waals surface area contributed by atoms with Gasteiger partial charge in [0.2, 0.25) is 0 Å². The molecule has 0 radical (unpaired) electrons. The van der Waals surface area contributed by atoms with Crippen LogP contribution in [0.4, 0.5) is 0 Å². The number of ether oxygens (including phenoxy) is 1. The van der Waals surface area contributed by atoms with E-state index < -0.39 is 17.4 Å². The second kappa shape index (κ2) is 9.10. The second-order valence-corrected chi connectivity index (χ2v) is 5.75. The number of alkyl halides is 1. The van der Waals surface area contributed by atoms with Crippen molar-refractivity contribution >= 4 is 33.7 Å².